The Kier molecular flexibility index (Phi) is 5.61. The van der Waals surface area contributed by atoms with Crippen LogP contribution in [-0.2, 0) is 11.3 Å². The summed E-state index contributed by atoms with van der Waals surface area (Å²) in [6.07, 6.45) is 7.45. The fourth-order valence-electron chi connectivity index (χ4n) is 3.47. The number of nitrogens with one attached hydrogen (secondary N) is 1. The molecule has 0 spiro atoms. The van der Waals surface area contributed by atoms with Gasteiger partial charge in [0.05, 0.1) is 19.2 Å². The van der Waals surface area contributed by atoms with Crippen LogP contribution in [0.3, 0.4) is 0 Å². The maximum Gasteiger partial charge on any atom is 0.246 e. The van der Waals surface area contributed by atoms with Gasteiger partial charge in [-0.3, -0.25) is 9.69 Å². The molecule has 1 atom stereocenters. The number of piperidine rings is 1. The van der Waals surface area contributed by atoms with Crippen LogP contribution in [-0.4, -0.2) is 51.8 Å². The first kappa shape index (κ1) is 16.4. The van der Waals surface area contributed by atoms with E-state index < -0.39 is 0 Å². The lowest BCUT2D eigenvalue weighted by atomic mass is 9.89. The van der Waals surface area contributed by atoms with Crippen molar-refractivity contribution in [1.29, 1.82) is 0 Å². The third kappa shape index (κ3) is 4.75. The van der Waals surface area contributed by atoms with Crippen molar-refractivity contribution in [1.82, 2.24) is 20.4 Å². The van der Waals surface area contributed by atoms with E-state index in [1.165, 1.54) is 19.3 Å². The predicted molar refractivity (Wildman–Crippen MR) is 83.7 cm³/mol. The third-order valence-electron chi connectivity index (χ3n) is 4.74. The molecule has 7 nitrogen and oxygen atoms in total. The van der Waals surface area contributed by atoms with E-state index in [1.807, 2.05) is 4.90 Å². The monoisotopic (exact) mass is 322 g/mol. The van der Waals surface area contributed by atoms with Crippen molar-refractivity contribution in [3.63, 3.8) is 0 Å². The zero-order valence-corrected chi connectivity index (χ0v) is 13.5. The van der Waals surface area contributed by atoms with Crippen molar-refractivity contribution in [2.45, 2.75) is 63.5 Å². The van der Waals surface area contributed by atoms with Gasteiger partial charge < -0.3 is 14.9 Å². The number of likely N-dealkylation sites (tertiary alicyclic amines) is 1. The Balaban J connectivity index is 1.42. The lowest BCUT2D eigenvalue weighted by molar-refractivity contribution is -0.123. The van der Waals surface area contributed by atoms with Gasteiger partial charge in [-0.15, -0.1) is 0 Å². The summed E-state index contributed by atoms with van der Waals surface area (Å²) in [4.78, 5) is 18.4. The number of hydrogen-bond donors (Lipinski definition) is 2. The predicted octanol–water partition coefficient (Wildman–Crippen LogP) is 1.19. The minimum atomic E-state index is -0.314. The molecular formula is C16H26N4O3. The van der Waals surface area contributed by atoms with Crippen LogP contribution >= 0.6 is 0 Å². The zero-order chi connectivity index (χ0) is 16.1. The highest BCUT2D eigenvalue weighted by Gasteiger charge is 2.22. The zero-order valence-electron chi connectivity index (χ0n) is 13.5. The van der Waals surface area contributed by atoms with Gasteiger partial charge in [-0.1, -0.05) is 24.4 Å². The first-order chi connectivity index (χ1) is 11.2. The molecule has 1 saturated heterocycles. The summed E-state index contributed by atoms with van der Waals surface area (Å²) in [6.45, 7) is 2.01. The molecule has 0 aromatic carbocycles. The maximum atomic E-state index is 12.0. The number of carbonyl (C=O) groups is 1. The lowest BCUT2D eigenvalue weighted by Crippen LogP contribution is -2.44. The van der Waals surface area contributed by atoms with Gasteiger partial charge in [0.15, 0.2) is 5.82 Å². The van der Waals surface area contributed by atoms with Gasteiger partial charge in [-0.2, -0.15) is 4.98 Å². The molecule has 0 unspecified atom stereocenters. The fourth-order valence-corrected chi connectivity index (χ4v) is 3.47. The number of β-amino-alcohol motifs (C(OH)–C–C–N with tert-alkyl or cyclic N) is 1. The molecule has 2 fully saturated rings. The molecule has 23 heavy (non-hydrogen) atoms. The van der Waals surface area contributed by atoms with Crippen LogP contribution < -0.4 is 5.32 Å². The molecule has 0 radical (unpaired) electrons. The molecule has 1 aliphatic heterocycles. The molecule has 2 N–H and O–H groups in total. The minimum Gasteiger partial charge on any atom is -0.392 e. The number of amides is 1. The summed E-state index contributed by atoms with van der Waals surface area (Å²) in [7, 11) is 0. The van der Waals surface area contributed by atoms with Crippen LogP contribution in [0.1, 0.15) is 62.6 Å². The Morgan fingerprint density at radius 3 is 2.87 bits per heavy atom. The van der Waals surface area contributed by atoms with Crippen LogP contribution in [0.5, 0.6) is 0 Å². The number of hydrogen-bond acceptors (Lipinski definition) is 6. The van der Waals surface area contributed by atoms with Crippen LogP contribution in [0.2, 0.25) is 0 Å². The first-order valence-corrected chi connectivity index (χ1v) is 8.70. The van der Waals surface area contributed by atoms with Gasteiger partial charge in [-0.05, 0) is 32.2 Å². The second kappa shape index (κ2) is 7.88. The quantitative estimate of drug-likeness (QED) is 0.846. The van der Waals surface area contributed by atoms with E-state index in [2.05, 4.69) is 15.5 Å². The van der Waals surface area contributed by atoms with Gasteiger partial charge in [0.25, 0.3) is 0 Å². The van der Waals surface area contributed by atoms with Crippen LogP contribution in [0, 0.1) is 0 Å². The summed E-state index contributed by atoms with van der Waals surface area (Å²) in [5.41, 5.74) is 0. The standard InChI is InChI=1S/C16H26N4O3/c21-13-7-4-8-20(10-13)11-14(22)17-9-15-18-16(19-23-15)12-5-2-1-3-6-12/h12-13,21H,1-11H2,(H,17,22)/t13-/m0/s1. The van der Waals surface area contributed by atoms with Crippen molar-refractivity contribution < 1.29 is 14.4 Å². The number of nitrogens with zero attached hydrogens (tertiary/aromatic N) is 3. The van der Waals surface area contributed by atoms with Gasteiger partial charge in [0.2, 0.25) is 11.8 Å². The van der Waals surface area contributed by atoms with E-state index >= 15 is 0 Å². The molecule has 1 saturated carbocycles. The normalized spacial score (nSPS) is 23.8. The number of aliphatic hydroxyl groups excluding tert-OH is 1. The number of rotatable bonds is 5. The van der Waals surface area contributed by atoms with Crippen molar-refractivity contribution in [3.05, 3.63) is 11.7 Å². The molecule has 1 aromatic heterocycles. The molecule has 0 bridgehead atoms. The third-order valence-corrected chi connectivity index (χ3v) is 4.74. The maximum absolute atomic E-state index is 12.0. The molecule has 2 aliphatic rings. The van der Waals surface area contributed by atoms with Crippen molar-refractivity contribution in [2.24, 2.45) is 0 Å². The number of aromatic nitrogens is 2. The van der Waals surface area contributed by atoms with E-state index in [-0.39, 0.29) is 18.6 Å². The summed E-state index contributed by atoms with van der Waals surface area (Å²) < 4.78 is 5.25. The first-order valence-electron chi connectivity index (χ1n) is 8.70. The molecular weight excluding hydrogens is 296 g/mol. The second-order valence-electron chi connectivity index (χ2n) is 6.69. The molecule has 7 heteroatoms. The Morgan fingerprint density at radius 2 is 2.09 bits per heavy atom. The van der Waals surface area contributed by atoms with Crippen LogP contribution in [0.25, 0.3) is 0 Å². The molecule has 1 aliphatic carbocycles. The second-order valence-corrected chi connectivity index (χ2v) is 6.69. The van der Waals surface area contributed by atoms with E-state index in [0.29, 0.717) is 24.9 Å². The molecule has 1 amide bonds. The fraction of sp³-hybridized carbons (Fsp3) is 0.812. The Bertz CT molecular complexity index is 513. The number of aliphatic hydroxyl groups is 1. The molecule has 1 aromatic rings. The van der Waals surface area contributed by atoms with E-state index in [1.54, 1.807) is 0 Å². The number of carbonyl (C=O) groups excluding carboxylic acids is 1. The van der Waals surface area contributed by atoms with E-state index in [4.69, 9.17) is 4.52 Å². The van der Waals surface area contributed by atoms with Crippen LogP contribution in [0.15, 0.2) is 4.52 Å². The lowest BCUT2D eigenvalue weighted by Gasteiger charge is -2.29. The SMILES string of the molecule is O=C(CN1CCC[C@H](O)C1)NCc1nc(C2CCCCC2)no1. The van der Waals surface area contributed by atoms with Gasteiger partial charge in [-0.25, -0.2) is 0 Å². The highest BCUT2D eigenvalue weighted by molar-refractivity contribution is 5.77. The average Bonchev–Trinajstić information content (AvgIpc) is 3.03. The van der Waals surface area contributed by atoms with Crippen LogP contribution in [0.4, 0.5) is 0 Å². The van der Waals surface area contributed by atoms with Crippen molar-refractivity contribution in [2.75, 3.05) is 19.6 Å². The smallest absolute Gasteiger partial charge is 0.246 e. The molecule has 128 valence electrons. The molecule has 3 rings (SSSR count). The van der Waals surface area contributed by atoms with Gasteiger partial charge in [0.1, 0.15) is 0 Å². The Hall–Kier alpha value is -1.47. The van der Waals surface area contributed by atoms with Gasteiger partial charge in [0, 0.05) is 12.5 Å². The van der Waals surface area contributed by atoms with E-state index in [9.17, 15) is 9.90 Å². The van der Waals surface area contributed by atoms with Crippen molar-refractivity contribution in [3.8, 4) is 0 Å². The minimum absolute atomic E-state index is 0.0727. The van der Waals surface area contributed by atoms with Gasteiger partial charge >= 0.3 is 0 Å². The largest absolute Gasteiger partial charge is 0.392 e. The van der Waals surface area contributed by atoms with E-state index in [0.717, 1.165) is 38.1 Å². The van der Waals surface area contributed by atoms with Crippen molar-refractivity contribution >= 4 is 5.91 Å². The Morgan fingerprint density at radius 1 is 1.26 bits per heavy atom. The summed E-state index contributed by atoms with van der Waals surface area (Å²) in [6, 6.07) is 0. The summed E-state index contributed by atoms with van der Waals surface area (Å²) >= 11 is 0. The Labute approximate surface area is 136 Å². The average molecular weight is 322 g/mol. The summed E-state index contributed by atoms with van der Waals surface area (Å²) in [5, 5.41) is 16.5. The molecule has 2 heterocycles. The highest BCUT2D eigenvalue weighted by atomic mass is 16.5. The highest BCUT2D eigenvalue weighted by Crippen LogP contribution is 2.30. The topological polar surface area (TPSA) is 91.5 Å². The summed E-state index contributed by atoms with van der Waals surface area (Å²) in [5.74, 6) is 1.59.